The van der Waals surface area contributed by atoms with Crippen LogP contribution in [0.25, 0.3) is 11.4 Å². The van der Waals surface area contributed by atoms with E-state index in [0.29, 0.717) is 34.6 Å². The summed E-state index contributed by atoms with van der Waals surface area (Å²) in [5.41, 5.74) is 1.22. The maximum Gasteiger partial charge on any atom is 0.230 e. The van der Waals surface area contributed by atoms with Crippen molar-refractivity contribution in [3.8, 4) is 22.9 Å². The van der Waals surface area contributed by atoms with E-state index in [1.165, 1.54) is 17.8 Å². The van der Waals surface area contributed by atoms with Crippen molar-refractivity contribution in [1.29, 1.82) is 0 Å². The van der Waals surface area contributed by atoms with Gasteiger partial charge in [0.15, 0.2) is 17.3 Å². The molecule has 3 rings (SSSR count). The molecule has 0 radical (unpaired) electrons. The normalized spacial score (nSPS) is 10.5. The molecule has 28 heavy (non-hydrogen) atoms. The summed E-state index contributed by atoms with van der Waals surface area (Å²) >= 11 is 1.17. The number of benzene rings is 2. The largest absolute Gasteiger partial charge is 0.493 e. The first-order valence-corrected chi connectivity index (χ1v) is 9.37. The van der Waals surface area contributed by atoms with E-state index in [1.54, 1.807) is 38.5 Å². The van der Waals surface area contributed by atoms with Crippen molar-refractivity contribution in [2.75, 3.05) is 20.0 Å². The first kappa shape index (κ1) is 19.7. The minimum atomic E-state index is -0.386. The summed E-state index contributed by atoms with van der Waals surface area (Å²) in [6, 6.07) is 11.7. The van der Waals surface area contributed by atoms with E-state index in [-0.39, 0.29) is 17.5 Å². The van der Waals surface area contributed by atoms with Gasteiger partial charge >= 0.3 is 0 Å². The van der Waals surface area contributed by atoms with Gasteiger partial charge in [0.1, 0.15) is 5.82 Å². The fraction of sp³-hybridized carbons (Fsp3) is 0.211. The Kier molecular flexibility index (Phi) is 6.49. The summed E-state index contributed by atoms with van der Waals surface area (Å²) in [6.07, 6.45) is 0. The standard InChI is InChI=1S/C19H19FN4O3S/c1-26-15-8-7-12(9-16(15)27-2)10-21-17(25)11-28-19-22-18(23-24-19)13-5-3-4-6-14(13)20/h3-9H,10-11H2,1-2H3,(H,21,25)(H,22,23,24). The second-order valence-corrected chi connectivity index (χ2v) is 6.64. The number of carbonyl (C=O) groups excluding carboxylic acids is 1. The number of rotatable bonds is 8. The van der Waals surface area contributed by atoms with Gasteiger partial charge in [-0.15, -0.1) is 5.10 Å². The summed E-state index contributed by atoms with van der Waals surface area (Å²) in [4.78, 5) is 16.3. The lowest BCUT2D eigenvalue weighted by atomic mass is 10.2. The molecule has 0 unspecified atom stereocenters. The van der Waals surface area contributed by atoms with Crippen molar-refractivity contribution in [3.63, 3.8) is 0 Å². The first-order valence-electron chi connectivity index (χ1n) is 8.38. The fourth-order valence-corrected chi connectivity index (χ4v) is 3.09. The highest BCUT2D eigenvalue weighted by molar-refractivity contribution is 7.99. The molecule has 0 atom stereocenters. The SMILES string of the molecule is COc1ccc(CNC(=O)CSc2n[nH]c(-c3ccccc3F)n2)cc1OC. The Hall–Kier alpha value is -3.07. The third-order valence-electron chi connectivity index (χ3n) is 3.86. The number of nitrogens with zero attached hydrogens (tertiary/aromatic N) is 2. The van der Waals surface area contributed by atoms with E-state index >= 15 is 0 Å². The predicted octanol–water partition coefficient (Wildman–Crippen LogP) is 3.04. The molecule has 3 aromatic rings. The Morgan fingerprint density at radius 1 is 1.18 bits per heavy atom. The highest BCUT2D eigenvalue weighted by Crippen LogP contribution is 2.27. The number of hydrogen-bond acceptors (Lipinski definition) is 6. The second kappa shape index (κ2) is 9.23. The molecule has 0 saturated heterocycles. The van der Waals surface area contributed by atoms with Gasteiger partial charge in [0.05, 0.1) is 25.5 Å². The zero-order chi connectivity index (χ0) is 19.9. The van der Waals surface area contributed by atoms with Crippen LogP contribution in [0.3, 0.4) is 0 Å². The topological polar surface area (TPSA) is 89.1 Å². The minimum Gasteiger partial charge on any atom is -0.493 e. The van der Waals surface area contributed by atoms with Gasteiger partial charge < -0.3 is 14.8 Å². The molecule has 2 N–H and O–H groups in total. The Labute approximate surface area is 165 Å². The Morgan fingerprint density at radius 3 is 2.71 bits per heavy atom. The van der Waals surface area contributed by atoms with Gasteiger partial charge in [-0.2, -0.15) is 0 Å². The van der Waals surface area contributed by atoms with Gasteiger partial charge in [-0.05, 0) is 29.8 Å². The highest BCUT2D eigenvalue weighted by Gasteiger charge is 2.12. The molecule has 0 aliphatic carbocycles. The number of amides is 1. The van der Waals surface area contributed by atoms with Gasteiger partial charge in [-0.1, -0.05) is 30.0 Å². The Balaban J connectivity index is 1.52. The molecule has 0 saturated carbocycles. The molecule has 0 fully saturated rings. The van der Waals surface area contributed by atoms with Crippen LogP contribution in [0.5, 0.6) is 11.5 Å². The number of carbonyl (C=O) groups is 1. The first-order chi connectivity index (χ1) is 13.6. The van der Waals surface area contributed by atoms with E-state index in [0.717, 1.165) is 5.56 Å². The molecule has 0 aliphatic heterocycles. The lowest BCUT2D eigenvalue weighted by Crippen LogP contribution is -2.24. The summed E-state index contributed by atoms with van der Waals surface area (Å²) in [7, 11) is 3.13. The summed E-state index contributed by atoms with van der Waals surface area (Å²) in [5, 5.41) is 9.90. The number of ether oxygens (including phenoxy) is 2. The lowest BCUT2D eigenvalue weighted by molar-refractivity contribution is -0.118. The number of thioether (sulfide) groups is 1. The van der Waals surface area contributed by atoms with E-state index in [2.05, 4.69) is 20.5 Å². The molecular weight excluding hydrogens is 383 g/mol. The van der Waals surface area contributed by atoms with E-state index in [9.17, 15) is 9.18 Å². The van der Waals surface area contributed by atoms with Crippen LogP contribution in [-0.4, -0.2) is 41.1 Å². The summed E-state index contributed by atoms with van der Waals surface area (Å²) < 4.78 is 24.2. The van der Waals surface area contributed by atoms with Crippen molar-refractivity contribution in [2.24, 2.45) is 0 Å². The monoisotopic (exact) mass is 402 g/mol. The number of H-pyrrole nitrogens is 1. The van der Waals surface area contributed by atoms with E-state index in [1.807, 2.05) is 12.1 Å². The van der Waals surface area contributed by atoms with Crippen LogP contribution >= 0.6 is 11.8 Å². The number of halogens is 1. The third-order valence-corrected chi connectivity index (χ3v) is 4.71. The molecule has 1 heterocycles. The molecule has 9 heteroatoms. The zero-order valence-electron chi connectivity index (χ0n) is 15.4. The average molecular weight is 402 g/mol. The number of hydrogen-bond donors (Lipinski definition) is 2. The van der Waals surface area contributed by atoms with Crippen LogP contribution in [0.15, 0.2) is 47.6 Å². The van der Waals surface area contributed by atoms with Crippen molar-refractivity contribution in [2.45, 2.75) is 11.7 Å². The fourth-order valence-electron chi connectivity index (χ4n) is 2.46. The predicted molar refractivity (Wildman–Crippen MR) is 104 cm³/mol. The van der Waals surface area contributed by atoms with Crippen molar-refractivity contribution >= 4 is 17.7 Å². The van der Waals surface area contributed by atoms with Crippen LogP contribution in [0.2, 0.25) is 0 Å². The van der Waals surface area contributed by atoms with Gasteiger partial charge in [0.2, 0.25) is 11.1 Å². The van der Waals surface area contributed by atoms with Crippen LogP contribution in [0, 0.1) is 5.82 Å². The molecule has 1 aromatic heterocycles. The van der Waals surface area contributed by atoms with Crippen LogP contribution < -0.4 is 14.8 Å². The van der Waals surface area contributed by atoms with Crippen molar-refractivity contribution in [3.05, 3.63) is 53.8 Å². The van der Waals surface area contributed by atoms with Crippen LogP contribution in [0.4, 0.5) is 4.39 Å². The molecular formula is C19H19FN4O3S. The quantitative estimate of drug-likeness (QED) is 0.563. The molecule has 1 amide bonds. The molecule has 0 bridgehead atoms. The number of methoxy groups -OCH3 is 2. The van der Waals surface area contributed by atoms with Crippen LogP contribution in [-0.2, 0) is 11.3 Å². The Morgan fingerprint density at radius 2 is 1.96 bits per heavy atom. The van der Waals surface area contributed by atoms with Crippen molar-refractivity contribution in [1.82, 2.24) is 20.5 Å². The van der Waals surface area contributed by atoms with Gasteiger partial charge in [-0.25, -0.2) is 9.37 Å². The second-order valence-electron chi connectivity index (χ2n) is 5.70. The lowest BCUT2D eigenvalue weighted by Gasteiger charge is -2.10. The number of aromatic nitrogens is 3. The Bertz CT molecular complexity index is 964. The van der Waals surface area contributed by atoms with E-state index < -0.39 is 0 Å². The molecule has 146 valence electrons. The molecule has 7 nitrogen and oxygen atoms in total. The van der Waals surface area contributed by atoms with Gasteiger partial charge in [-0.3, -0.25) is 9.89 Å². The molecule has 0 aliphatic rings. The minimum absolute atomic E-state index is 0.141. The third kappa shape index (κ3) is 4.80. The van der Waals surface area contributed by atoms with Gasteiger partial charge in [0.25, 0.3) is 0 Å². The number of nitrogens with one attached hydrogen (secondary N) is 2. The summed E-state index contributed by atoms with van der Waals surface area (Å²) in [5.74, 6) is 1.14. The highest BCUT2D eigenvalue weighted by atomic mass is 32.2. The molecule has 0 spiro atoms. The van der Waals surface area contributed by atoms with E-state index in [4.69, 9.17) is 9.47 Å². The zero-order valence-corrected chi connectivity index (χ0v) is 16.2. The maximum atomic E-state index is 13.8. The molecule has 2 aromatic carbocycles. The van der Waals surface area contributed by atoms with Gasteiger partial charge in [0, 0.05) is 6.54 Å². The van der Waals surface area contributed by atoms with Crippen LogP contribution in [0.1, 0.15) is 5.56 Å². The van der Waals surface area contributed by atoms with Crippen molar-refractivity contribution < 1.29 is 18.7 Å². The average Bonchev–Trinajstić information content (AvgIpc) is 3.19. The maximum absolute atomic E-state index is 13.8. The summed E-state index contributed by atoms with van der Waals surface area (Å²) in [6.45, 7) is 0.355. The smallest absolute Gasteiger partial charge is 0.230 e. The number of aromatic amines is 1.